The number of hydrogen-bond donors (Lipinski definition) is 1. The second kappa shape index (κ2) is 4.86. The Labute approximate surface area is 129 Å². The first-order valence-corrected chi connectivity index (χ1v) is 7.74. The molecule has 7 nitrogen and oxygen atoms in total. The molecule has 2 aliphatic heterocycles. The number of amides is 3. The van der Waals surface area contributed by atoms with Gasteiger partial charge in [-0.1, -0.05) is 0 Å². The fraction of sp³-hybridized carbons (Fsp3) is 0.800. The predicted molar refractivity (Wildman–Crippen MR) is 77.6 cm³/mol. The van der Waals surface area contributed by atoms with Crippen molar-refractivity contribution in [3.8, 4) is 0 Å². The number of nitrogens with zero attached hydrogens (tertiary/aromatic N) is 2. The smallest absolute Gasteiger partial charge is 0.410 e. The molecule has 3 aliphatic rings. The molecule has 4 atom stereocenters. The predicted octanol–water partition coefficient (Wildman–Crippen LogP) is 0.186. The van der Waals surface area contributed by atoms with Crippen molar-refractivity contribution in [2.24, 2.45) is 23.5 Å². The minimum Gasteiger partial charge on any atom is -0.444 e. The van der Waals surface area contributed by atoms with Gasteiger partial charge in [-0.2, -0.15) is 0 Å². The van der Waals surface area contributed by atoms with E-state index in [9.17, 15) is 14.4 Å². The molecule has 3 fully saturated rings. The third-order valence-electron chi connectivity index (χ3n) is 4.72. The molecule has 1 aliphatic carbocycles. The maximum atomic E-state index is 12.0. The number of ether oxygens (including phenoxy) is 1. The summed E-state index contributed by atoms with van der Waals surface area (Å²) >= 11 is 0. The third-order valence-corrected chi connectivity index (χ3v) is 4.72. The van der Waals surface area contributed by atoms with E-state index in [1.807, 2.05) is 20.8 Å². The summed E-state index contributed by atoms with van der Waals surface area (Å²) in [6.07, 6.45) is -0.0673. The zero-order valence-electron chi connectivity index (χ0n) is 13.2. The SMILES string of the molecule is CC(C)(C)OC(=O)N1C[C@@H]2C(N3CC(C(N)=O)CC3=O)[C@@H]2C1. The standard InChI is InChI=1S/C15H23N3O4/c1-15(2,3)22-14(21)17-6-9-10(7-17)12(9)18-5-8(13(16)20)4-11(18)19/h8-10,12H,4-7H2,1-3H3,(H2,16,20)/t8?,9-,10+,12?. The van der Waals surface area contributed by atoms with Gasteiger partial charge in [0.2, 0.25) is 11.8 Å². The molecule has 0 bridgehead atoms. The van der Waals surface area contributed by atoms with Crippen LogP contribution in [0.1, 0.15) is 27.2 Å². The Hall–Kier alpha value is -1.79. The highest BCUT2D eigenvalue weighted by Gasteiger charge is 2.61. The van der Waals surface area contributed by atoms with E-state index in [0.717, 1.165) is 0 Å². The van der Waals surface area contributed by atoms with Crippen LogP contribution in [0.5, 0.6) is 0 Å². The van der Waals surface area contributed by atoms with Gasteiger partial charge in [0, 0.05) is 43.9 Å². The molecule has 0 aromatic carbocycles. The molecule has 2 heterocycles. The van der Waals surface area contributed by atoms with E-state index in [4.69, 9.17) is 10.5 Å². The fourth-order valence-electron chi connectivity index (χ4n) is 3.64. The van der Waals surface area contributed by atoms with E-state index in [-0.39, 0.29) is 30.4 Å². The van der Waals surface area contributed by atoms with Crippen molar-refractivity contribution in [3.63, 3.8) is 0 Å². The van der Waals surface area contributed by atoms with Crippen molar-refractivity contribution in [1.82, 2.24) is 9.80 Å². The molecular weight excluding hydrogens is 286 g/mol. The first kappa shape index (κ1) is 15.1. The molecule has 122 valence electrons. The Morgan fingerprint density at radius 2 is 1.77 bits per heavy atom. The number of piperidine rings is 1. The molecule has 2 unspecified atom stereocenters. The van der Waals surface area contributed by atoms with Crippen LogP contribution >= 0.6 is 0 Å². The lowest BCUT2D eigenvalue weighted by molar-refractivity contribution is -0.129. The largest absolute Gasteiger partial charge is 0.444 e. The lowest BCUT2D eigenvalue weighted by Gasteiger charge is -2.27. The maximum Gasteiger partial charge on any atom is 0.410 e. The molecule has 0 aromatic rings. The van der Waals surface area contributed by atoms with Crippen LogP contribution in [0.3, 0.4) is 0 Å². The van der Waals surface area contributed by atoms with Gasteiger partial charge in [0.05, 0.1) is 5.92 Å². The number of nitrogens with two attached hydrogens (primary N) is 1. The van der Waals surface area contributed by atoms with Crippen molar-refractivity contribution in [2.45, 2.75) is 38.8 Å². The number of carbonyl (C=O) groups is 3. The molecule has 7 heteroatoms. The van der Waals surface area contributed by atoms with Crippen LogP contribution in [0.4, 0.5) is 4.79 Å². The Bertz CT molecular complexity index is 515. The monoisotopic (exact) mass is 309 g/mol. The lowest BCUT2D eigenvalue weighted by Crippen LogP contribution is -2.41. The first-order valence-electron chi connectivity index (χ1n) is 7.74. The summed E-state index contributed by atoms with van der Waals surface area (Å²) < 4.78 is 5.37. The molecule has 3 amide bonds. The number of fused-ring (bicyclic) bond motifs is 1. The molecule has 22 heavy (non-hydrogen) atoms. The van der Waals surface area contributed by atoms with E-state index in [2.05, 4.69) is 0 Å². The Morgan fingerprint density at radius 3 is 2.23 bits per heavy atom. The zero-order valence-corrected chi connectivity index (χ0v) is 13.2. The average Bonchev–Trinajstić information content (AvgIpc) is 2.75. The van der Waals surface area contributed by atoms with Crippen LogP contribution in [0.2, 0.25) is 0 Å². The van der Waals surface area contributed by atoms with Gasteiger partial charge in [-0.05, 0) is 20.8 Å². The van der Waals surface area contributed by atoms with Crippen LogP contribution in [0, 0.1) is 17.8 Å². The number of likely N-dealkylation sites (tertiary alicyclic amines) is 2. The summed E-state index contributed by atoms with van der Waals surface area (Å²) in [5.74, 6) is -0.147. The van der Waals surface area contributed by atoms with Crippen molar-refractivity contribution in [3.05, 3.63) is 0 Å². The van der Waals surface area contributed by atoms with Gasteiger partial charge in [-0.3, -0.25) is 9.59 Å². The number of carbonyl (C=O) groups excluding carboxylic acids is 3. The molecular formula is C15H23N3O4. The van der Waals surface area contributed by atoms with Crippen LogP contribution in [-0.4, -0.2) is 59.0 Å². The van der Waals surface area contributed by atoms with Crippen molar-refractivity contribution >= 4 is 17.9 Å². The van der Waals surface area contributed by atoms with Crippen LogP contribution < -0.4 is 5.73 Å². The second-order valence-electron chi connectivity index (χ2n) is 7.55. The van der Waals surface area contributed by atoms with E-state index in [1.54, 1.807) is 9.80 Å². The highest BCUT2D eigenvalue weighted by atomic mass is 16.6. The minimum atomic E-state index is -0.497. The van der Waals surface area contributed by atoms with E-state index in [0.29, 0.717) is 31.5 Å². The fourth-order valence-corrected chi connectivity index (χ4v) is 3.64. The van der Waals surface area contributed by atoms with Crippen molar-refractivity contribution in [2.75, 3.05) is 19.6 Å². The summed E-state index contributed by atoms with van der Waals surface area (Å²) in [7, 11) is 0. The van der Waals surface area contributed by atoms with Gasteiger partial charge in [-0.15, -0.1) is 0 Å². The van der Waals surface area contributed by atoms with E-state index in [1.165, 1.54) is 0 Å². The number of rotatable bonds is 2. The first-order chi connectivity index (χ1) is 10.2. The molecule has 1 saturated carbocycles. The summed E-state index contributed by atoms with van der Waals surface area (Å²) in [6, 6.07) is 0.163. The molecule has 2 saturated heterocycles. The van der Waals surface area contributed by atoms with Crippen molar-refractivity contribution in [1.29, 1.82) is 0 Å². The van der Waals surface area contributed by atoms with Gasteiger partial charge in [0.1, 0.15) is 5.60 Å². The molecule has 0 spiro atoms. The van der Waals surface area contributed by atoms with E-state index >= 15 is 0 Å². The highest BCUT2D eigenvalue weighted by molar-refractivity contribution is 5.88. The van der Waals surface area contributed by atoms with Crippen LogP contribution in [0.25, 0.3) is 0 Å². The molecule has 2 N–H and O–H groups in total. The third kappa shape index (κ3) is 2.64. The zero-order chi connectivity index (χ0) is 16.2. The number of hydrogen-bond acceptors (Lipinski definition) is 4. The Kier molecular flexibility index (Phi) is 3.34. The van der Waals surface area contributed by atoms with Crippen LogP contribution in [-0.2, 0) is 14.3 Å². The second-order valence-corrected chi connectivity index (χ2v) is 7.55. The lowest BCUT2D eigenvalue weighted by atomic mass is 10.1. The van der Waals surface area contributed by atoms with Gasteiger partial charge in [-0.25, -0.2) is 4.79 Å². The van der Waals surface area contributed by atoms with Gasteiger partial charge < -0.3 is 20.3 Å². The van der Waals surface area contributed by atoms with Crippen LogP contribution in [0.15, 0.2) is 0 Å². The molecule has 3 rings (SSSR count). The highest BCUT2D eigenvalue weighted by Crippen LogP contribution is 2.50. The quantitative estimate of drug-likeness (QED) is 0.788. The average molecular weight is 309 g/mol. The molecule has 0 aromatic heterocycles. The van der Waals surface area contributed by atoms with E-state index < -0.39 is 11.5 Å². The summed E-state index contributed by atoms with van der Waals surface area (Å²) in [6.45, 7) is 7.20. The van der Waals surface area contributed by atoms with Crippen molar-refractivity contribution < 1.29 is 19.1 Å². The van der Waals surface area contributed by atoms with Gasteiger partial charge in [0.25, 0.3) is 0 Å². The summed E-state index contributed by atoms with van der Waals surface area (Å²) in [4.78, 5) is 38.8. The Balaban J connectivity index is 1.54. The maximum absolute atomic E-state index is 12.0. The number of primary amides is 1. The Morgan fingerprint density at radius 1 is 1.18 bits per heavy atom. The minimum absolute atomic E-state index is 0.00650. The normalized spacial score (nSPS) is 33.9. The molecule has 0 radical (unpaired) electrons. The van der Waals surface area contributed by atoms with Gasteiger partial charge in [0.15, 0.2) is 0 Å². The summed E-state index contributed by atoms with van der Waals surface area (Å²) in [5.41, 5.74) is 4.79. The summed E-state index contributed by atoms with van der Waals surface area (Å²) in [5, 5.41) is 0. The topological polar surface area (TPSA) is 92.9 Å². The van der Waals surface area contributed by atoms with Gasteiger partial charge >= 0.3 is 6.09 Å².